The number of phenols is 1. The van der Waals surface area contributed by atoms with Crippen LogP contribution in [0.5, 0.6) is 5.75 Å². The van der Waals surface area contributed by atoms with Crippen molar-refractivity contribution < 1.29 is 17.9 Å². The van der Waals surface area contributed by atoms with Gasteiger partial charge in [-0.2, -0.15) is 4.31 Å². The highest BCUT2D eigenvalue weighted by atomic mass is 35.5. The van der Waals surface area contributed by atoms with E-state index >= 15 is 0 Å². The molecular weight excluding hydrogens is 567 g/mol. The van der Waals surface area contributed by atoms with E-state index in [2.05, 4.69) is 0 Å². The highest BCUT2D eigenvalue weighted by molar-refractivity contribution is 7.89. The van der Waals surface area contributed by atoms with Crippen LogP contribution in [0.15, 0.2) is 83.8 Å². The molecule has 0 fully saturated rings. The molecule has 0 saturated carbocycles. The van der Waals surface area contributed by atoms with Gasteiger partial charge in [0, 0.05) is 28.2 Å². The van der Waals surface area contributed by atoms with Crippen molar-refractivity contribution in [2.75, 3.05) is 0 Å². The third-order valence-corrected chi connectivity index (χ3v) is 8.16. The first-order chi connectivity index (χ1) is 17.0. The first-order valence-corrected chi connectivity index (χ1v) is 13.5. The predicted octanol–water partition coefficient (Wildman–Crippen LogP) is 8.20. The number of hydrogen-bond acceptors (Lipinski definition) is 3. The monoisotopic (exact) mass is 583 g/mol. The Bertz CT molecular complexity index is 1510. The lowest BCUT2D eigenvalue weighted by Gasteiger charge is -2.24. The van der Waals surface area contributed by atoms with Gasteiger partial charge in [-0.25, -0.2) is 12.8 Å². The average molecular weight is 585 g/mol. The van der Waals surface area contributed by atoms with Crippen molar-refractivity contribution in [1.82, 2.24) is 4.31 Å². The van der Waals surface area contributed by atoms with E-state index in [1.165, 1.54) is 30.3 Å². The van der Waals surface area contributed by atoms with Gasteiger partial charge in [0.05, 0.1) is 5.02 Å². The van der Waals surface area contributed by atoms with E-state index in [4.69, 9.17) is 46.4 Å². The molecule has 4 nitrogen and oxygen atoms in total. The third kappa shape index (κ3) is 6.14. The van der Waals surface area contributed by atoms with E-state index < -0.39 is 26.5 Å². The van der Waals surface area contributed by atoms with E-state index in [0.717, 1.165) is 21.5 Å². The highest BCUT2D eigenvalue weighted by Gasteiger charge is 2.29. The van der Waals surface area contributed by atoms with Gasteiger partial charge < -0.3 is 5.11 Å². The molecule has 4 aromatic rings. The van der Waals surface area contributed by atoms with Crippen LogP contribution in [0.2, 0.25) is 20.1 Å². The summed E-state index contributed by atoms with van der Waals surface area (Å²) in [5, 5.41) is 11.3. The second-order valence-corrected chi connectivity index (χ2v) is 11.6. The predicted molar refractivity (Wildman–Crippen MR) is 143 cm³/mol. The summed E-state index contributed by atoms with van der Waals surface area (Å²) in [5.41, 5.74) is 2.73. The molecule has 0 unspecified atom stereocenters. The Morgan fingerprint density at radius 3 is 1.97 bits per heavy atom. The van der Waals surface area contributed by atoms with E-state index in [-0.39, 0.29) is 23.1 Å². The summed E-state index contributed by atoms with van der Waals surface area (Å²) in [5.74, 6) is -1.06. The summed E-state index contributed by atoms with van der Waals surface area (Å²) in [7, 11) is -4.32. The Labute approximate surface area is 228 Å². The number of rotatable bonds is 7. The zero-order chi connectivity index (χ0) is 26.0. The number of sulfonamides is 1. The van der Waals surface area contributed by atoms with E-state index in [0.29, 0.717) is 21.2 Å². The largest absolute Gasteiger partial charge is 0.505 e. The van der Waals surface area contributed by atoms with Crippen LogP contribution in [-0.2, 0) is 23.1 Å². The maximum absolute atomic E-state index is 13.7. The third-order valence-electron chi connectivity index (χ3n) is 5.38. The molecule has 0 radical (unpaired) electrons. The van der Waals surface area contributed by atoms with Crippen LogP contribution >= 0.6 is 46.4 Å². The number of benzene rings is 4. The van der Waals surface area contributed by atoms with Crippen molar-refractivity contribution in [2.45, 2.75) is 18.0 Å². The quantitative estimate of drug-likeness (QED) is 0.238. The fourth-order valence-electron chi connectivity index (χ4n) is 3.65. The maximum atomic E-state index is 13.7. The molecule has 0 spiro atoms. The van der Waals surface area contributed by atoms with Gasteiger partial charge in [-0.15, -0.1) is 0 Å². The number of hydrogen-bond donors (Lipinski definition) is 1. The van der Waals surface area contributed by atoms with Crippen LogP contribution in [0, 0.1) is 5.82 Å². The zero-order valence-electron chi connectivity index (χ0n) is 18.4. The number of nitrogens with zero attached hydrogens (tertiary/aromatic N) is 1. The van der Waals surface area contributed by atoms with E-state index in [9.17, 15) is 17.9 Å². The minimum atomic E-state index is -4.32. The van der Waals surface area contributed by atoms with Crippen LogP contribution in [0.4, 0.5) is 4.39 Å². The molecule has 10 heteroatoms. The Balaban J connectivity index is 1.78. The topological polar surface area (TPSA) is 57.6 Å². The van der Waals surface area contributed by atoms with Crippen molar-refractivity contribution in [3.05, 3.63) is 116 Å². The fourth-order valence-corrected chi connectivity index (χ4v) is 6.20. The van der Waals surface area contributed by atoms with Crippen molar-refractivity contribution in [2.24, 2.45) is 0 Å². The number of phenolic OH excluding ortho intramolecular Hbond substituents is 1. The Morgan fingerprint density at radius 2 is 1.31 bits per heavy atom. The molecule has 0 aromatic heterocycles. The average Bonchev–Trinajstić information content (AvgIpc) is 2.82. The normalized spacial score (nSPS) is 11.7. The lowest BCUT2D eigenvalue weighted by molar-refractivity contribution is 0.394. The van der Waals surface area contributed by atoms with Gasteiger partial charge in [0.1, 0.15) is 10.7 Å². The van der Waals surface area contributed by atoms with Crippen molar-refractivity contribution >= 4 is 56.4 Å². The molecule has 0 aliphatic rings. The number of aromatic hydroxyl groups is 1. The van der Waals surface area contributed by atoms with E-state index in [1.807, 2.05) is 18.2 Å². The Kier molecular flexibility index (Phi) is 8.15. The van der Waals surface area contributed by atoms with Gasteiger partial charge in [0.25, 0.3) is 0 Å². The lowest BCUT2D eigenvalue weighted by atomic mass is 10.0. The minimum Gasteiger partial charge on any atom is -0.505 e. The van der Waals surface area contributed by atoms with Crippen LogP contribution in [0.25, 0.3) is 11.1 Å². The standard InChI is InChI=1S/C26H18Cl4FNO3S/c27-20-5-3-18(4-6-20)19-9-17(10-21(28)11-19)15-32(14-16-1-7-23(31)8-2-16)36(34,35)25-13-22(29)12-24(30)26(25)33/h1-13,33H,14-15H2. The molecule has 0 atom stereocenters. The van der Waals surface area contributed by atoms with Gasteiger partial charge >= 0.3 is 0 Å². The smallest absolute Gasteiger partial charge is 0.247 e. The molecule has 0 aliphatic carbocycles. The summed E-state index contributed by atoms with van der Waals surface area (Å²) >= 11 is 24.4. The second-order valence-electron chi connectivity index (χ2n) is 7.99. The molecule has 1 N–H and O–H groups in total. The molecule has 0 amide bonds. The van der Waals surface area contributed by atoms with Crippen molar-refractivity contribution in [1.29, 1.82) is 0 Å². The van der Waals surface area contributed by atoms with Crippen molar-refractivity contribution in [3.8, 4) is 16.9 Å². The molecule has 0 heterocycles. The van der Waals surface area contributed by atoms with Crippen molar-refractivity contribution in [3.63, 3.8) is 0 Å². The molecular formula is C26H18Cl4FNO3S. The van der Waals surface area contributed by atoms with Gasteiger partial charge in [-0.1, -0.05) is 70.7 Å². The molecule has 0 bridgehead atoms. The molecule has 36 heavy (non-hydrogen) atoms. The zero-order valence-corrected chi connectivity index (χ0v) is 22.3. The maximum Gasteiger partial charge on any atom is 0.247 e. The SMILES string of the molecule is O=S(=O)(c1cc(Cl)cc(Cl)c1O)N(Cc1ccc(F)cc1)Cc1cc(Cl)cc(-c2ccc(Cl)cc2)c1. The molecule has 186 valence electrons. The second kappa shape index (κ2) is 11.0. The molecule has 0 saturated heterocycles. The van der Waals surface area contributed by atoms with Gasteiger partial charge in [0.2, 0.25) is 10.0 Å². The lowest BCUT2D eigenvalue weighted by Crippen LogP contribution is -2.30. The van der Waals surface area contributed by atoms with Crippen LogP contribution in [-0.4, -0.2) is 17.8 Å². The van der Waals surface area contributed by atoms with Gasteiger partial charge in [-0.05, 0) is 76.9 Å². The summed E-state index contributed by atoms with van der Waals surface area (Å²) in [6.07, 6.45) is 0. The van der Waals surface area contributed by atoms with Crippen LogP contribution in [0.1, 0.15) is 11.1 Å². The summed E-state index contributed by atoms with van der Waals surface area (Å²) in [6, 6.07) is 20.2. The summed E-state index contributed by atoms with van der Waals surface area (Å²) in [6.45, 7) is -0.223. The highest BCUT2D eigenvalue weighted by Crippen LogP contribution is 2.37. The molecule has 0 aliphatic heterocycles. The van der Waals surface area contributed by atoms with E-state index in [1.54, 1.807) is 24.3 Å². The minimum absolute atomic E-state index is 0.0471. The molecule has 4 aromatic carbocycles. The summed E-state index contributed by atoms with van der Waals surface area (Å²) < 4.78 is 42.1. The molecule has 4 rings (SSSR count). The fraction of sp³-hybridized carbons (Fsp3) is 0.0769. The Hall–Kier alpha value is -2.32. The van der Waals surface area contributed by atoms with Gasteiger partial charge in [-0.3, -0.25) is 0 Å². The van der Waals surface area contributed by atoms with Crippen LogP contribution in [0.3, 0.4) is 0 Å². The number of halogens is 5. The Morgan fingerprint density at radius 1 is 0.694 bits per heavy atom. The van der Waals surface area contributed by atoms with Crippen LogP contribution < -0.4 is 0 Å². The first kappa shape index (κ1) is 26.7. The van der Waals surface area contributed by atoms with Gasteiger partial charge in [0.15, 0.2) is 5.75 Å². The first-order valence-electron chi connectivity index (χ1n) is 10.5. The summed E-state index contributed by atoms with van der Waals surface area (Å²) in [4.78, 5) is -0.443.